The van der Waals surface area contributed by atoms with Gasteiger partial charge in [-0.3, -0.25) is 9.59 Å². The Morgan fingerprint density at radius 1 is 0.678 bits per heavy atom. The molecule has 2 N–H and O–H groups in total. The van der Waals surface area contributed by atoms with Crippen LogP contribution in [0.4, 0.5) is 0 Å². The summed E-state index contributed by atoms with van der Waals surface area (Å²) >= 11 is 12.9. The van der Waals surface area contributed by atoms with Crippen molar-refractivity contribution in [3.05, 3.63) is 106 Å². The lowest BCUT2D eigenvalue weighted by atomic mass is 10.0. The highest BCUT2D eigenvalue weighted by molar-refractivity contribution is 6.32. The zero-order valence-electron chi connectivity index (χ0n) is 32.5. The molecule has 0 bridgehead atoms. The van der Waals surface area contributed by atoms with Crippen molar-refractivity contribution >= 4 is 56.9 Å². The molecular formula is C44H38Cl2N6O7. The molecule has 0 aliphatic rings. The first-order valence-corrected chi connectivity index (χ1v) is 19.8. The lowest BCUT2D eigenvalue weighted by molar-refractivity contribution is -0.159. The lowest BCUT2D eigenvalue weighted by Gasteiger charge is -2.11. The maximum atomic E-state index is 12.9. The number of carbonyl (C=O) groups is 2. The van der Waals surface area contributed by atoms with E-state index in [-0.39, 0.29) is 25.0 Å². The third-order valence-electron chi connectivity index (χ3n) is 9.41. The Balaban J connectivity index is 0.872. The Morgan fingerprint density at radius 3 is 1.69 bits per heavy atom. The van der Waals surface area contributed by atoms with Gasteiger partial charge in [-0.1, -0.05) is 57.8 Å². The minimum absolute atomic E-state index is 0.0141. The number of nitrogens with one attached hydrogen (secondary N) is 2. The summed E-state index contributed by atoms with van der Waals surface area (Å²) in [7, 11) is 0. The molecule has 4 aromatic heterocycles. The number of aromatic nitrogens is 6. The van der Waals surface area contributed by atoms with Crippen molar-refractivity contribution in [3.63, 3.8) is 0 Å². The summed E-state index contributed by atoms with van der Waals surface area (Å²) in [5.74, 6) is 1.28. The van der Waals surface area contributed by atoms with Gasteiger partial charge in [-0.25, -0.2) is 0 Å². The largest absolute Gasteiger partial charge is 0.489 e. The number of halogens is 2. The summed E-state index contributed by atoms with van der Waals surface area (Å²) in [5, 5.41) is 11.0. The molecule has 0 saturated carbocycles. The molecule has 8 aromatic rings. The van der Waals surface area contributed by atoms with Crippen LogP contribution in [0, 0.1) is 0 Å². The number of nitrogens with zero attached hydrogens (tertiary/aromatic N) is 4. The van der Waals surface area contributed by atoms with E-state index in [2.05, 4.69) is 30.2 Å². The molecule has 0 radical (unpaired) electrons. The number of hydrogen-bond donors (Lipinski definition) is 2. The number of carbonyl (C=O) groups excluding carboxylic acids is 2. The van der Waals surface area contributed by atoms with Crippen LogP contribution in [0.1, 0.15) is 51.7 Å². The van der Waals surface area contributed by atoms with Gasteiger partial charge in [0.25, 0.3) is 11.8 Å². The van der Waals surface area contributed by atoms with E-state index in [0.29, 0.717) is 85.6 Å². The fourth-order valence-electron chi connectivity index (χ4n) is 6.81. The van der Waals surface area contributed by atoms with Gasteiger partial charge < -0.3 is 33.2 Å². The summed E-state index contributed by atoms with van der Waals surface area (Å²) < 4.78 is 27.9. The van der Waals surface area contributed by atoms with Crippen molar-refractivity contribution < 1.29 is 32.8 Å². The van der Waals surface area contributed by atoms with Crippen LogP contribution in [-0.4, -0.2) is 54.4 Å². The third kappa shape index (κ3) is 8.57. The van der Waals surface area contributed by atoms with E-state index in [4.69, 9.17) is 46.5 Å². The first-order valence-electron chi connectivity index (χ1n) is 19.0. The number of hydrogen-bond acceptors (Lipinski definition) is 11. The third-order valence-corrected chi connectivity index (χ3v) is 10.00. The number of rotatable bonds is 14. The van der Waals surface area contributed by atoms with Crippen LogP contribution in [0.3, 0.4) is 0 Å². The number of aryl methyl sites for hydroxylation is 1. The Kier molecular flexibility index (Phi) is 11.2. The van der Waals surface area contributed by atoms with Crippen LogP contribution < -0.4 is 9.47 Å². The van der Waals surface area contributed by atoms with E-state index in [1.54, 1.807) is 36.5 Å². The first-order chi connectivity index (χ1) is 28.5. The van der Waals surface area contributed by atoms with Crippen molar-refractivity contribution in [2.75, 3.05) is 0 Å². The van der Waals surface area contributed by atoms with Crippen LogP contribution in [0.2, 0.25) is 10.0 Å². The van der Waals surface area contributed by atoms with Crippen molar-refractivity contribution in [3.8, 4) is 57.2 Å². The standard InChI is InChI=1S/C44H38Cl2N6O7/c1-23(2)55-35-16-14-25(18-33(35)45)43-49-41(51-58-43)31-11-6-9-29-27(21-47-39(29)31)8-5-13-37(53)57-38(54)20-28-22-48-40-30(28)10-7-12-32(40)42-50-44(59-52-42)26-15-17-36(34(46)19-26)56-24(3)4/h6-7,9-12,14-19,21-24,47-48H,5,8,13,20H2,1-4H3. The minimum atomic E-state index is -0.650. The zero-order valence-corrected chi connectivity index (χ0v) is 34.0. The average molecular weight is 834 g/mol. The van der Waals surface area contributed by atoms with Gasteiger partial charge in [-0.05, 0) is 100 Å². The highest BCUT2D eigenvalue weighted by Gasteiger charge is 2.21. The van der Waals surface area contributed by atoms with Crippen molar-refractivity contribution in [2.45, 2.75) is 65.6 Å². The van der Waals surface area contributed by atoms with Crippen LogP contribution >= 0.6 is 23.2 Å². The van der Waals surface area contributed by atoms with Gasteiger partial charge in [-0.15, -0.1) is 0 Å². The number of H-pyrrole nitrogens is 2. The van der Waals surface area contributed by atoms with Crippen LogP contribution in [0.15, 0.2) is 94.2 Å². The molecule has 0 saturated heterocycles. The Hall–Kier alpha value is -6.44. The number of esters is 2. The van der Waals surface area contributed by atoms with Gasteiger partial charge in [0, 0.05) is 51.8 Å². The smallest absolute Gasteiger partial charge is 0.317 e. The Morgan fingerprint density at radius 2 is 1.19 bits per heavy atom. The van der Waals surface area contributed by atoms with Gasteiger partial charge in [0.15, 0.2) is 0 Å². The molecule has 59 heavy (non-hydrogen) atoms. The van der Waals surface area contributed by atoms with Crippen LogP contribution in [0.5, 0.6) is 11.5 Å². The summed E-state index contributed by atoms with van der Waals surface area (Å²) in [5.41, 5.74) is 5.95. The molecule has 8 rings (SSSR count). The molecule has 300 valence electrons. The molecule has 0 spiro atoms. The summed E-state index contributed by atoms with van der Waals surface area (Å²) in [4.78, 5) is 41.5. The number of aromatic amines is 2. The fourth-order valence-corrected chi connectivity index (χ4v) is 7.26. The molecule has 0 aliphatic heterocycles. The molecule has 0 unspecified atom stereocenters. The molecule has 4 heterocycles. The van der Waals surface area contributed by atoms with Gasteiger partial charge in [0.1, 0.15) is 11.5 Å². The predicted octanol–water partition coefficient (Wildman–Crippen LogP) is 10.6. The van der Waals surface area contributed by atoms with E-state index in [1.807, 2.05) is 76.4 Å². The minimum Gasteiger partial charge on any atom is -0.489 e. The SMILES string of the molecule is CC(C)Oc1ccc(-c2nc(-c3cccc4c(CCCC(=O)OC(=O)Cc5c[nH]c6c(-c7noc(-c8ccc(OC(C)C)c(Cl)c8)n7)cccc56)c[nH]c34)no2)cc1Cl. The van der Waals surface area contributed by atoms with Gasteiger partial charge in [0.05, 0.1) is 39.7 Å². The Bertz CT molecular complexity index is 2820. The van der Waals surface area contributed by atoms with E-state index in [1.165, 1.54) is 0 Å². The van der Waals surface area contributed by atoms with Crippen molar-refractivity contribution in [1.82, 2.24) is 30.2 Å². The first kappa shape index (κ1) is 39.4. The molecule has 4 aromatic carbocycles. The van der Waals surface area contributed by atoms with Crippen LogP contribution in [-0.2, 0) is 27.2 Å². The quantitative estimate of drug-likeness (QED) is 0.0789. The number of benzene rings is 4. The van der Waals surface area contributed by atoms with Crippen molar-refractivity contribution in [2.24, 2.45) is 0 Å². The van der Waals surface area contributed by atoms with Crippen LogP contribution in [0.25, 0.3) is 67.5 Å². The van der Waals surface area contributed by atoms with E-state index in [9.17, 15) is 9.59 Å². The van der Waals surface area contributed by atoms with Gasteiger partial charge in [-0.2, -0.15) is 9.97 Å². The summed E-state index contributed by atoms with van der Waals surface area (Å²) in [6, 6.07) is 22.0. The normalized spacial score (nSPS) is 11.6. The molecule has 0 aliphatic carbocycles. The summed E-state index contributed by atoms with van der Waals surface area (Å²) in [6.45, 7) is 7.71. The molecule has 0 amide bonds. The predicted molar refractivity (Wildman–Crippen MR) is 223 cm³/mol. The number of para-hydroxylation sites is 2. The number of fused-ring (bicyclic) bond motifs is 2. The number of ether oxygens (including phenoxy) is 3. The monoisotopic (exact) mass is 832 g/mol. The van der Waals surface area contributed by atoms with Gasteiger partial charge in [0.2, 0.25) is 11.6 Å². The van der Waals surface area contributed by atoms with Crippen molar-refractivity contribution in [1.29, 1.82) is 0 Å². The fraction of sp³-hybridized carbons (Fsp3) is 0.227. The lowest BCUT2D eigenvalue weighted by Crippen LogP contribution is -2.14. The molecule has 15 heteroatoms. The van der Waals surface area contributed by atoms with Gasteiger partial charge >= 0.3 is 11.9 Å². The second kappa shape index (κ2) is 16.8. The second-order valence-electron chi connectivity index (χ2n) is 14.4. The molecule has 0 fully saturated rings. The zero-order chi connectivity index (χ0) is 41.2. The van der Waals surface area contributed by atoms with E-state index >= 15 is 0 Å². The highest BCUT2D eigenvalue weighted by Crippen LogP contribution is 2.35. The summed E-state index contributed by atoms with van der Waals surface area (Å²) in [6.07, 6.45) is 4.57. The van der Waals surface area contributed by atoms with E-state index < -0.39 is 11.9 Å². The molecule has 13 nitrogen and oxygen atoms in total. The average Bonchev–Trinajstić information content (AvgIpc) is 4.03. The topological polar surface area (TPSA) is 171 Å². The highest BCUT2D eigenvalue weighted by atomic mass is 35.5. The Labute approximate surface area is 348 Å². The van der Waals surface area contributed by atoms with E-state index in [0.717, 1.165) is 27.4 Å². The maximum Gasteiger partial charge on any atom is 0.317 e. The second-order valence-corrected chi connectivity index (χ2v) is 15.2. The molecule has 0 atom stereocenters. The maximum absolute atomic E-state index is 12.9. The molecular weight excluding hydrogens is 795 g/mol.